The lowest BCUT2D eigenvalue weighted by Gasteiger charge is -2.12. The van der Waals surface area contributed by atoms with Crippen LogP contribution in [0.1, 0.15) is 17.2 Å². The molecule has 0 saturated heterocycles. The van der Waals surface area contributed by atoms with Crippen molar-refractivity contribution in [3.05, 3.63) is 71.4 Å². The SMILES string of the molecule is Cn1cc(CC(=O)N[C@@H](C#N)c2ccc(F)cc2F)c2ccccc21. The predicted molar refractivity (Wildman–Crippen MR) is 89.5 cm³/mol. The van der Waals surface area contributed by atoms with Crippen LogP contribution in [0.3, 0.4) is 0 Å². The van der Waals surface area contributed by atoms with Gasteiger partial charge in [0.2, 0.25) is 5.91 Å². The molecular weight excluding hydrogens is 324 g/mol. The van der Waals surface area contributed by atoms with Crippen LogP contribution >= 0.6 is 0 Å². The Morgan fingerprint density at radius 1 is 1.28 bits per heavy atom. The maximum absolute atomic E-state index is 13.8. The van der Waals surface area contributed by atoms with Gasteiger partial charge in [-0.3, -0.25) is 4.79 Å². The van der Waals surface area contributed by atoms with Crippen LogP contribution in [0.15, 0.2) is 48.7 Å². The first-order chi connectivity index (χ1) is 12.0. The van der Waals surface area contributed by atoms with Crippen molar-refractivity contribution in [3.8, 4) is 6.07 Å². The molecule has 3 rings (SSSR count). The van der Waals surface area contributed by atoms with Gasteiger partial charge in [0.15, 0.2) is 0 Å². The number of nitrogens with one attached hydrogen (secondary N) is 1. The number of aryl methyl sites for hydroxylation is 1. The summed E-state index contributed by atoms with van der Waals surface area (Å²) in [6, 6.07) is 11.2. The van der Waals surface area contributed by atoms with Crippen molar-refractivity contribution >= 4 is 16.8 Å². The minimum atomic E-state index is -1.18. The molecule has 1 amide bonds. The van der Waals surface area contributed by atoms with E-state index in [4.69, 9.17) is 0 Å². The number of nitriles is 1. The fourth-order valence-corrected chi connectivity index (χ4v) is 2.87. The minimum Gasteiger partial charge on any atom is -0.350 e. The van der Waals surface area contributed by atoms with Gasteiger partial charge in [0.1, 0.15) is 17.7 Å². The van der Waals surface area contributed by atoms with E-state index in [0.717, 1.165) is 28.6 Å². The number of hydrogen-bond donors (Lipinski definition) is 1. The van der Waals surface area contributed by atoms with Crippen molar-refractivity contribution in [2.45, 2.75) is 12.5 Å². The zero-order valence-electron chi connectivity index (χ0n) is 13.5. The molecule has 4 nitrogen and oxygen atoms in total. The molecule has 1 N–H and O–H groups in total. The molecule has 0 aliphatic carbocycles. The van der Waals surface area contributed by atoms with Gasteiger partial charge in [0, 0.05) is 35.8 Å². The van der Waals surface area contributed by atoms with Crippen molar-refractivity contribution < 1.29 is 13.6 Å². The van der Waals surface area contributed by atoms with Gasteiger partial charge in [-0.15, -0.1) is 0 Å². The number of benzene rings is 2. The Morgan fingerprint density at radius 3 is 2.76 bits per heavy atom. The second-order valence-electron chi connectivity index (χ2n) is 5.75. The monoisotopic (exact) mass is 339 g/mol. The number of para-hydroxylation sites is 1. The van der Waals surface area contributed by atoms with E-state index in [1.807, 2.05) is 48.1 Å². The maximum atomic E-state index is 13.8. The number of amides is 1. The minimum absolute atomic E-state index is 0.0579. The fourth-order valence-electron chi connectivity index (χ4n) is 2.87. The van der Waals surface area contributed by atoms with Gasteiger partial charge in [0.05, 0.1) is 12.5 Å². The molecule has 0 fully saturated rings. The molecule has 0 saturated carbocycles. The zero-order valence-corrected chi connectivity index (χ0v) is 13.5. The van der Waals surface area contributed by atoms with Crippen molar-refractivity contribution in [3.63, 3.8) is 0 Å². The van der Waals surface area contributed by atoms with Crippen LogP contribution < -0.4 is 5.32 Å². The molecular formula is C19H15F2N3O. The molecule has 126 valence electrons. The molecule has 0 radical (unpaired) electrons. The Hall–Kier alpha value is -3.20. The summed E-state index contributed by atoms with van der Waals surface area (Å²) < 4.78 is 28.7. The predicted octanol–water partition coefficient (Wildman–Crippen LogP) is 3.38. The number of fused-ring (bicyclic) bond motifs is 1. The van der Waals surface area contributed by atoms with E-state index in [9.17, 15) is 18.8 Å². The first-order valence-electron chi connectivity index (χ1n) is 7.66. The molecule has 1 atom stereocenters. The van der Waals surface area contributed by atoms with E-state index >= 15 is 0 Å². The summed E-state index contributed by atoms with van der Waals surface area (Å²) in [5.41, 5.74) is 1.74. The van der Waals surface area contributed by atoms with Gasteiger partial charge in [-0.1, -0.05) is 24.3 Å². The third kappa shape index (κ3) is 3.36. The highest BCUT2D eigenvalue weighted by Gasteiger charge is 2.19. The lowest BCUT2D eigenvalue weighted by atomic mass is 10.1. The van der Waals surface area contributed by atoms with Gasteiger partial charge in [-0.05, 0) is 17.7 Å². The second kappa shape index (κ2) is 6.73. The zero-order chi connectivity index (χ0) is 18.0. The molecule has 2 aromatic carbocycles. The summed E-state index contributed by atoms with van der Waals surface area (Å²) in [4.78, 5) is 12.3. The Balaban J connectivity index is 1.80. The number of halogens is 2. The van der Waals surface area contributed by atoms with Gasteiger partial charge < -0.3 is 9.88 Å². The Kier molecular flexibility index (Phi) is 4.48. The molecule has 6 heteroatoms. The largest absolute Gasteiger partial charge is 0.350 e. The van der Waals surface area contributed by atoms with Crippen LogP contribution in [-0.2, 0) is 18.3 Å². The van der Waals surface area contributed by atoms with Crippen LogP contribution in [0.2, 0.25) is 0 Å². The van der Waals surface area contributed by atoms with Crippen molar-refractivity contribution in [1.82, 2.24) is 9.88 Å². The maximum Gasteiger partial charge on any atom is 0.225 e. The summed E-state index contributed by atoms with van der Waals surface area (Å²) in [6.07, 6.45) is 1.91. The number of carbonyl (C=O) groups excluding carboxylic acids is 1. The quantitative estimate of drug-likeness (QED) is 0.792. The highest BCUT2D eigenvalue weighted by molar-refractivity contribution is 5.89. The van der Waals surface area contributed by atoms with E-state index in [1.54, 1.807) is 0 Å². The first kappa shape index (κ1) is 16.7. The van der Waals surface area contributed by atoms with Crippen LogP contribution in [0.25, 0.3) is 10.9 Å². The highest BCUT2D eigenvalue weighted by Crippen LogP contribution is 2.22. The van der Waals surface area contributed by atoms with E-state index in [0.29, 0.717) is 6.07 Å². The van der Waals surface area contributed by atoms with Crippen LogP contribution in [0.4, 0.5) is 8.78 Å². The van der Waals surface area contributed by atoms with Crippen molar-refractivity contribution in [2.75, 3.05) is 0 Å². The smallest absolute Gasteiger partial charge is 0.225 e. The molecule has 1 heterocycles. The van der Waals surface area contributed by atoms with Crippen molar-refractivity contribution in [1.29, 1.82) is 5.26 Å². The molecule has 0 spiro atoms. The molecule has 0 aliphatic rings. The Morgan fingerprint density at radius 2 is 2.04 bits per heavy atom. The number of hydrogen-bond acceptors (Lipinski definition) is 2. The fraction of sp³-hybridized carbons (Fsp3) is 0.158. The van der Waals surface area contributed by atoms with E-state index in [-0.39, 0.29) is 12.0 Å². The first-order valence-corrected chi connectivity index (χ1v) is 7.66. The topological polar surface area (TPSA) is 57.8 Å². The summed E-state index contributed by atoms with van der Waals surface area (Å²) in [5, 5.41) is 12.7. The lowest BCUT2D eigenvalue weighted by Crippen LogP contribution is -2.29. The summed E-state index contributed by atoms with van der Waals surface area (Å²) >= 11 is 0. The molecule has 0 aliphatic heterocycles. The highest BCUT2D eigenvalue weighted by atomic mass is 19.1. The average Bonchev–Trinajstić information content (AvgIpc) is 2.89. The standard InChI is InChI=1S/C19H15F2N3O/c1-24-11-12(14-4-2-3-5-18(14)24)8-19(25)23-17(10-22)15-7-6-13(20)9-16(15)21/h2-7,9,11,17H,8H2,1H3,(H,23,25)/t17-/m0/s1. The third-order valence-electron chi connectivity index (χ3n) is 4.04. The van der Waals surface area contributed by atoms with Gasteiger partial charge in [-0.25, -0.2) is 8.78 Å². The number of aromatic nitrogens is 1. The molecule has 0 bridgehead atoms. The number of carbonyl (C=O) groups is 1. The second-order valence-corrected chi connectivity index (χ2v) is 5.75. The van der Waals surface area contributed by atoms with Gasteiger partial charge in [-0.2, -0.15) is 5.26 Å². The van der Waals surface area contributed by atoms with Gasteiger partial charge in [0.25, 0.3) is 0 Å². The van der Waals surface area contributed by atoms with Crippen LogP contribution in [0, 0.1) is 23.0 Å². The van der Waals surface area contributed by atoms with E-state index in [2.05, 4.69) is 5.32 Å². The third-order valence-corrected chi connectivity index (χ3v) is 4.04. The van der Waals surface area contributed by atoms with Crippen LogP contribution in [0.5, 0.6) is 0 Å². The summed E-state index contributed by atoms with van der Waals surface area (Å²) in [6.45, 7) is 0. The normalized spacial score (nSPS) is 11.9. The molecule has 25 heavy (non-hydrogen) atoms. The summed E-state index contributed by atoms with van der Waals surface area (Å²) in [7, 11) is 1.88. The number of nitrogens with zero attached hydrogens (tertiary/aromatic N) is 2. The van der Waals surface area contributed by atoms with Crippen molar-refractivity contribution in [2.24, 2.45) is 7.05 Å². The Bertz CT molecular complexity index is 988. The molecule has 0 unspecified atom stereocenters. The molecule has 1 aromatic heterocycles. The van der Waals surface area contributed by atoms with E-state index in [1.165, 1.54) is 0 Å². The average molecular weight is 339 g/mol. The lowest BCUT2D eigenvalue weighted by molar-refractivity contribution is -0.120. The number of rotatable bonds is 4. The summed E-state index contributed by atoms with van der Waals surface area (Å²) in [5.74, 6) is -2.01. The van der Waals surface area contributed by atoms with Crippen LogP contribution in [-0.4, -0.2) is 10.5 Å². The molecule has 3 aromatic rings. The van der Waals surface area contributed by atoms with Gasteiger partial charge >= 0.3 is 0 Å². The Labute approximate surface area is 143 Å². The van der Waals surface area contributed by atoms with E-state index < -0.39 is 23.6 Å².